The molecule has 0 amide bonds. The molecule has 0 bridgehead atoms. The van der Waals surface area contributed by atoms with E-state index in [9.17, 15) is 0 Å². The molecular formula is C10H19N. The van der Waals surface area contributed by atoms with Crippen LogP contribution in [0.3, 0.4) is 0 Å². The zero-order valence-corrected chi connectivity index (χ0v) is 7.93. The molecule has 0 aliphatic rings. The molecule has 0 unspecified atom stereocenters. The second-order valence-corrected chi connectivity index (χ2v) is 2.73. The SMILES string of the molecule is C=C(C)/C=C/CN(CC)CC. The van der Waals surface area contributed by atoms with Crippen molar-refractivity contribution in [2.24, 2.45) is 0 Å². The second kappa shape index (κ2) is 6.17. The molecule has 0 aliphatic heterocycles. The summed E-state index contributed by atoms with van der Waals surface area (Å²) in [5.74, 6) is 0. The van der Waals surface area contributed by atoms with Crippen molar-refractivity contribution >= 4 is 0 Å². The summed E-state index contributed by atoms with van der Waals surface area (Å²) in [5, 5.41) is 0. The summed E-state index contributed by atoms with van der Waals surface area (Å²) < 4.78 is 0. The van der Waals surface area contributed by atoms with Gasteiger partial charge in [-0.25, -0.2) is 0 Å². The van der Waals surface area contributed by atoms with E-state index in [0.717, 1.165) is 25.2 Å². The molecule has 0 aromatic heterocycles. The molecule has 0 atom stereocenters. The summed E-state index contributed by atoms with van der Waals surface area (Å²) in [5.41, 5.74) is 1.12. The number of hydrogen-bond donors (Lipinski definition) is 0. The predicted molar refractivity (Wildman–Crippen MR) is 51.7 cm³/mol. The lowest BCUT2D eigenvalue weighted by Crippen LogP contribution is -2.22. The number of allylic oxidation sites excluding steroid dienone is 2. The van der Waals surface area contributed by atoms with Crippen molar-refractivity contribution in [3.8, 4) is 0 Å². The molecule has 0 fully saturated rings. The van der Waals surface area contributed by atoms with Crippen LogP contribution in [-0.4, -0.2) is 24.5 Å². The maximum atomic E-state index is 3.80. The molecule has 64 valence electrons. The van der Waals surface area contributed by atoms with Gasteiger partial charge in [-0.05, 0) is 20.0 Å². The topological polar surface area (TPSA) is 3.24 Å². The van der Waals surface area contributed by atoms with Gasteiger partial charge in [0.15, 0.2) is 0 Å². The molecule has 0 radical (unpaired) electrons. The van der Waals surface area contributed by atoms with Gasteiger partial charge in [0, 0.05) is 6.54 Å². The van der Waals surface area contributed by atoms with Crippen molar-refractivity contribution in [3.05, 3.63) is 24.3 Å². The van der Waals surface area contributed by atoms with Gasteiger partial charge in [-0.2, -0.15) is 0 Å². The summed E-state index contributed by atoms with van der Waals surface area (Å²) in [6.07, 6.45) is 4.23. The van der Waals surface area contributed by atoms with Crippen molar-refractivity contribution in [3.63, 3.8) is 0 Å². The summed E-state index contributed by atoms with van der Waals surface area (Å²) in [7, 11) is 0. The molecule has 0 aromatic carbocycles. The van der Waals surface area contributed by atoms with Crippen molar-refractivity contribution in [1.29, 1.82) is 0 Å². The number of rotatable bonds is 5. The molecule has 0 N–H and O–H groups in total. The maximum Gasteiger partial charge on any atom is 0.0166 e. The van der Waals surface area contributed by atoms with E-state index in [-0.39, 0.29) is 0 Å². The van der Waals surface area contributed by atoms with E-state index in [1.54, 1.807) is 0 Å². The third-order valence-electron chi connectivity index (χ3n) is 1.66. The van der Waals surface area contributed by atoms with Crippen LogP contribution in [0.15, 0.2) is 24.3 Å². The Morgan fingerprint density at radius 1 is 1.36 bits per heavy atom. The van der Waals surface area contributed by atoms with Gasteiger partial charge in [0.25, 0.3) is 0 Å². The molecule has 0 aliphatic carbocycles. The number of nitrogens with zero attached hydrogens (tertiary/aromatic N) is 1. The highest BCUT2D eigenvalue weighted by atomic mass is 15.1. The Kier molecular flexibility index (Phi) is 5.86. The average Bonchev–Trinajstić information content (AvgIpc) is 1.98. The van der Waals surface area contributed by atoms with Crippen LogP contribution in [0, 0.1) is 0 Å². The molecule has 0 saturated carbocycles. The Morgan fingerprint density at radius 3 is 2.27 bits per heavy atom. The minimum Gasteiger partial charge on any atom is -0.300 e. The number of hydrogen-bond acceptors (Lipinski definition) is 1. The predicted octanol–water partition coefficient (Wildman–Crippen LogP) is 2.46. The monoisotopic (exact) mass is 153 g/mol. The van der Waals surface area contributed by atoms with Gasteiger partial charge in [-0.1, -0.05) is 38.2 Å². The molecular weight excluding hydrogens is 134 g/mol. The van der Waals surface area contributed by atoms with Crippen molar-refractivity contribution in [2.45, 2.75) is 20.8 Å². The molecule has 0 heterocycles. The fourth-order valence-electron chi connectivity index (χ4n) is 0.885. The second-order valence-electron chi connectivity index (χ2n) is 2.73. The summed E-state index contributed by atoms with van der Waals surface area (Å²) in [6, 6.07) is 0. The van der Waals surface area contributed by atoms with E-state index in [0.29, 0.717) is 0 Å². The first-order valence-electron chi connectivity index (χ1n) is 4.25. The maximum absolute atomic E-state index is 3.80. The Hall–Kier alpha value is -0.560. The highest BCUT2D eigenvalue weighted by Crippen LogP contribution is 1.91. The fourth-order valence-corrected chi connectivity index (χ4v) is 0.885. The van der Waals surface area contributed by atoms with Crippen LogP contribution >= 0.6 is 0 Å². The van der Waals surface area contributed by atoms with Crippen LogP contribution in [0.25, 0.3) is 0 Å². The minimum absolute atomic E-state index is 1.04. The third kappa shape index (κ3) is 5.86. The van der Waals surface area contributed by atoms with Gasteiger partial charge < -0.3 is 4.90 Å². The van der Waals surface area contributed by atoms with Crippen LogP contribution in [0.2, 0.25) is 0 Å². The smallest absolute Gasteiger partial charge is 0.0166 e. The summed E-state index contributed by atoms with van der Waals surface area (Å²) >= 11 is 0. The number of likely N-dealkylation sites (N-methyl/N-ethyl adjacent to an activating group) is 1. The average molecular weight is 153 g/mol. The quantitative estimate of drug-likeness (QED) is 0.548. The fraction of sp³-hybridized carbons (Fsp3) is 0.600. The lowest BCUT2D eigenvalue weighted by molar-refractivity contribution is 0.337. The largest absolute Gasteiger partial charge is 0.300 e. The van der Waals surface area contributed by atoms with Crippen LogP contribution < -0.4 is 0 Å². The molecule has 11 heavy (non-hydrogen) atoms. The van der Waals surface area contributed by atoms with Crippen LogP contribution in [0.1, 0.15) is 20.8 Å². The van der Waals surface area contributed by atoms with E-state index in [2.05, 4.69) is 37.5 Å². The normalized spacial score (nSPS) is 11.3. The highest BCUT2D eigenvalue weighted by molar-refractivity contribution is 5.11. The molecule has 0 spiro atoms. The zero-order chi connectivity index (χ0) is 8.69. The molecule has 0 aromatic rings. The van der Waals surface area contributed by atoms with E-state index in [4.69, 9.17) is 0 Å². The lowest BCUT2D eigenvalue weighted by Gasteiger charge is -2.14. The highest BCUT2D eigenvalue weighted by Gasteiger charge is 1.92. The van der Waals surface area contributed by atoms with Crippen LogP contribution in [-0.2, 0) is 0 Å². The summed E-state index contributed by atoms with van der Waals surface area (Å²) in [6.45, 7) is 13.5. The van der Waals surface area contributed by atoms with Crippen molar-refractivity contribution in [2.75, 3.05) is 19.6 Å². The van der Waals surface area contributed by atoms with Crippen LogP contribution in [0.4, 0.5) is 0 Å². The first kappa shape index (κ1) is 10.4. The standard InChI is InChI=1S/C10H19N/c1-5-11(6-2)9-7-8-10(3)4/h7-8H,3,5-6,9H2,1-2,4H3/b8-7+. The van der Waals surface area contributed by atoms with Gasteiger partial charge in [-0.15, -0.1) is 0 Å². The van der Waals surface area contributed by atoms with Crippen molar-refractivity contribution < 1.29 is 0 Å². The van der Waals surface area contributed by atoms with E-state index in [1.165, 1.54) is 0 Å². The Morgan fingerprint density at radius 2 is 1.91 bits per heavy atom. The first-order valence-corrected chi connectivity index (χ1v) is 4.25. The Bertz CT molecular complexity index is 132. The Balaban J connectivity index is 3.57. The first-order chi connectivity index (χ1) is 5.20. The van der Waals surface area contributed by atoms with E-state index < -0.39 is 0 Å². The molecule has 0 saturated heterocycles. The van der Waals surface area contributed by atoms with Gasteiger partial charge in [-0.3, -0.25) is 0 Å². The van der Waals surface area contributed by atoms with Gasteiger partial charge in [0.2, 0.25) is 0 Å². The lowest BCUT2D eigenvalue weighted by atomic mass is 10.3. The molecule has 1 nitrogen and oxygen atoms in total. The van der Waals surface area contributed by atoms with Gasteiger partial charge >= 0.3 is 0 Å². The zero-order valence-electron chi connectivity index (χ0n) is 7.93. The van der Waals surface area contributed by atoms with Crippen LogP contribution in [0.5, 0.6) is 0 Å². The third-order valence-corrected chi connectivity index (χ3v) is 1.66. The van der Waals surface area contributed by atoms with Gasteiger partial charge in [0.1, 0.15) is 0 Å². The minimum atomic E-state index is 1.04. The molecule has 1 heteroatoms. The van der Waals surface area contributed by atoms with E-state index in [1.807, 2.05) is 6.92 Å². The van der Waals surface area contributed by atoms with Crippen molar-refractivity contribution in [1.82, 2.24) is 4.90 Å². The Labute approximate surface area is 70.4 Å². The van der Waals surface area contributed by atoms with E-state index >= 15 is 0 Å². The summed E-state index contributed by atoms with van der Waals surface area (Å²) in [4.78, 5) is 2.36. The van der Waals surface area contributed by atoms with Gasteiger partial charge in [0.05, 0.1) is 0 Å². The molecule has 0 rings (SSSR count).